The molecule has 1 aliphatic rings. The summed E-state index contributed by atoms with van der Waals surface area (Å²) >= 11 is 3.25. The maximum Gasteiger partial charge on any atom is 0.255 e. The zero-order valence-electron chi connectivity index (χ0n) is 17.0. The van der Waals surface area contributed by atoms with Gasteiger partial charge >= 0.3 is 0 Å². The van der Waals surface area contributed by atoms with Crippen molar-refractivity contribution in [3.8, 4) is 11.1 Å². The van der Waals surface area contributed by atoms with Crippen LogP contribution in [0.15, 0.2) is 47.3 Å². The Labute approximate surface area is 187 Å². The molecule has 0 saturated heterocycles. The van der Waals surface area contributed by atoms with Crippen LogP contribution in [0, 0.1) is 5.82 Å². The molecule has 3 N–H and O–H groups in total. The number of nitrogens with zero attached hydrogens (tertiary/aromatic N) is 3. The number of halogens is 2. The van der Waals surface area contributed by atoms with Gasteiger partial charge in [-0.1, -0.05) is 22.0 Å². The lowest BCUT2D eigenvalue weighted by Gasteiger charge is -2.22. The molecular formula is C22H23BrFN5O2. The molecule has 7 nitrogen and oxygen atoms in total. The molecule has 1 amide bonds. The van der Waals surface area contributed by atoms with Crippen LogP contribution in [0.3, 0.4) is 0 Å². The normalized spacial score (nSPS) is 18.3. The maximum absolute atomic E-state index is 14.1. The van der Waals surface area contributed by atoms with Crippen LogP contribution in [-0.4, -0.2) is 32.8 Å². The van der Waals surface area contributed by atoms with E-state index in [1.54, 1.807) is 35.3 Å². The van der Waals surface area contributed by atoms with Crippen molar-refractivity contribution in [3.63, 3.8) is 0 Å². The van der Waals surface area contributed by atoms with Crippen molar-refractivity contribution in [3.05, 3.63) is 64.3 Å². The van der Waals surface area contributed by atoms with Gasteiger partial charge in [0.15, 0.2) is 0 Å². The molecule has 4 rings (SSSR count). The largest absolute Gasteiger partial charge is 0.383 e. The van der Waals surface area contributed by atoms with Gasteiger partial charge < -0.3 is 15.8 Å². The van der Waals surface area contributed by atoms with Gasteiger partial charge in [0.2, 0.25) is 0 Å². The van der Waals surface area contributed by atoms with Crippen molar-refractivity contribution in [1.82, 2.24) is 20.1 Å². The first-order valence-electron chi connectivity index (χ1n) is 10.0. The molecule has 2 heterocycles. The van der Waals surface area contributed by atoms with Crippen LogP contribution in [0.4, 0.5) is 10.2 Å². The molecule has 0 aliphatic heterocycles. The molecule has 3 aromatic rings. The van der Waals surface area contributed by atoms with E-state index in [2.05, 4.69) is 31.3 Å². The summed E-state index contributed by atoms with van der Waals surface area (Å²) in [6, 6.07) is 6.43. The molecule has 0 bridgehead atoms. The number of nitrogen functional groups attached to an aromatic ring is 1. The highest BCUT2D eigenvalue weighted by Gasteiger charge is 2.30. The molecule has 31 heavy (non-hydrogen) atoms. The van der Waals surface area contributed by atoms with Crippen LogP contribution in [-0.2, 0) is 18.4 Å². The first-order valence-corrected chi connectivity index (χ1v) is 10.8. The molecule has 2 atom stereocenters. The summed E-state index contributed by atoms with van der Waals surface area (Å²) in [4.78, 5) is 17.1. The fourth-order valence-electron chi connectivity index (χ4n) is 3.76. The first-order chi connectivity index (χ1) is 14.9. The monoisotopic (exact) mass is 487 g/mol. The smallest absolute Gasteiger partial charge is 0.255 e. The van der Waals surface area contributed by atoms with Crippen molar-refractivity contribution in [2.24, 2.45) is 7.05 Å². The second-order valence-corrected chi connectivity index (χ2v) is 8.57. The molecule has 1 saturated carbocycles. The van der Waals surface area contributed by atoms with Gasteiger partial charge in [0.1, 0.15) is 11.6 Å². The molecular weight excluding hydrogens is 465 g/mol. The standard InChI is InChI=1S/C22H23BrFN5O2/c1-29-11-15(10-27-29)14-7-17(21(25)26-9-14)22(30)28-19-3-2-4-20(19)31-12-13-5-6-16(23)8-18(13)24/h5-11,19-20H,2-4,12H2,1H3,(H2,25,26)(H,28,30)/t19-,20-/m0/s1. The maximum atomic E-state index is 14.1. The highest BCUT2D eigenvalue weighted by atomic mass is 79.9. The minimum Gasteiger partial charge on any atom is -0.383 e. The zero-order chi connectivity index (χ0) is 22.0. The van der Waals surface area contributed by atoms with E-state index < -0.39 is 0 Å². The van der Waals surface area contributed by atoms with Crippen molar-refractivity contribution >= 4 is 27.7 Å². The predicted molar refractivity (Wildman–Crippen MR) is 119 cm³/mol. The molecule has 162 valence electrons. The van der Waals surface area contributed by atoms with Gasteiger partial charge in [0.25, 0.3) is 5.91 Å². The second kappa shape index (κ2) is 9.15. The number of anilines is 1. The van der Waals surface area contributed by atoms with Gasteiger partial charge in [0, 0.05) is 40.6 Å². The number of pyridine rings is 1. The minimum atomic E-state index is -0.320. The predicted octanol–water partition coefficient (Wildman–Crippen LogP) is 3.83. The van der Waals surface area contributed by atoms with Crippen molar-refractivity contribution in [1.29, 1.82) is 0 Å². The summed E-state index contributed by atoms with van der Waals surface area (Å²) < 4.78 is 22.4. The lowest BCUT2D eigenvalue weighted by molar-refractivity contribution is 0.0259. The fourth-order valence-corrected chi connectivity index (χ4v) is 4.09. The van der Waals surface area contributed by atoms with Crippen LogP contribution < -0.4 is 11.1 Å². The third kappa shape index (κ3) is 4.94. The topological polar surface area (TPSA) is 95.1 Å². The number of rotatable bonds is 6. The number of aromatic nitrogens is 3. The Hall–Kier alpha value is -2.78. The Morgan fingerprint density at radius 1 is 1.32 bits per heavy atom. The number of ether oxygens (including phenoxy) is 1. The molecule has 0 unspecified atom stereocenters. The Balaban J connectivity index is 1.43. The highest BCUT2D eigenvalue weighted by Crippen LogP contribution is 2.26. The third-order valence-corrected chi connectivity index (χ3v) is 5.93. The summed E-state index contributed by atoms with van der Waals surface area (Å²) in [5.41, 5.74) is 8.38. The lowest BCUT2D eigenvalue weighted by atomic mass is 10.1. The summed E-state index contributed by atoms with van der Waals surface area (Å²) in [7, 11) is 1.82. The SMILES string of the molecule is Cn1cc(-c2cnc(N)c(C(=O)N[C@H]3CCC[C@@H]3OCc3ccc(Br)cc3F)c2)cn1. The van der Waals surface area contributed by atoms with Crippen molar-refractivity contribution in [2.75, 3.05) is 5.73 Å². The highest BCUT2D eigenvalue weighted by molar-refractivity contribution is 9.10. The molecule has 0 radical (unpaired) electrons. The van der Waals surface area contributed by atoms with Gasteiger partial charge in [-0.3, -0.25) is 9.48 Å². The Morgan fingerprint density at radius 2 is 2.16 bits per heavy atom. The molecule has 1 aromatic carbocycles. The van der Waals surface area contributed by atoms with E-state index >= 15 is 0 Å². The van der Waals surface area contributed by atoms with Crippen LogP contribution in [0.1, 0.15) is 35.2 Å². The summed E-state index contributed by atoms with van der Waals surface area (Å²) in [6.07, 6.45) is 7.48. The first kappa shape index (κ1) is 21.5. The quantitative estimate of drug-likeness (QED) is 0.550. The average molecular weight is 488 g/mol. The Kier molecular flexibility index (Phi) is 6.33. The number of carbonyl (C=O) groups is 1. The van der Waals surface area contributed by atoms with E-state index in [-0.39, 0.29) is 36.3 Å². The zero-order valence-corrected chi connectivity index (χ0v) is 18.6. The molecule has 2 aromatic heterocycles. The number of nitrogens with two attached hydrogens (primary N) is 1. The molecule has 1 aliphatic carbocycles. The van der Waals surface area contributed by atoms with E-state index in [9.17, 15) is 9.18 Å². The van der Waals surface area contributed by atoms with E-state index in [0.717, 1.165) is 30.4 Å². The van der Waals surface area contributed by atoms with Gasteiger partial charge in [0.05, 0.1) is 30.5 Å². The number of aryl methyl sites for hydroxylation is 1. The van der Waals surface area contributed by atoms with Gasteiger partial charge in [-0.25, -0.2) is 9.37 Å². The lowest BCUT2D eigenvalue weighted by Crippen LogP contribution is -2.41. The number of nitrogens with one attached hydrogen (secondary N) is 1. The summed E-state index contributed by atoms with van der Waals surface area (Å²) in [5.74, 6) is -0.456. The minimum absolute atomic E-state index is 0.149. The summed E-state index contributed by atoms with van der Waals surface area (Å²) in [6.45, 7) is 0.149. The molecule has 0 spiro atoms. The Bertz CT molecular complexity index is 1100. The van der Waals surface area contributed by atoms with E-state index in [1.165, 1.54) is 6.07 Å². The number of carbonyl (C=O) groups excluding carboxylic acids is 1. The van der Waals surface area contributed by atoms with Crippen molar-refractivity contribution < 1.29 is 13.9 Å². The van der Waals surface area contributed by atoms with Crippen molar-refractivity contribution in [2.45, 2.75) is 38.0 Å². The molecule has 9 heteroatoms. The van der Waals surface area contributed by atoms with Crippen LogP contribution in [0.25, 0.3) is 11.1 Å². The van der Waals surface area contributed by atoms with E-state index in [4.69, 9.17) is 10.5 Å². The summed E-state index contributed by atoms with van der Waals surface area (Å²) in [5, 5.41) is 7.17. The average Bonchev–Trinajstić information content (AvgIpc) is 3.36. The number of hydrogen-bond acceptors (Lipinski definition) is 5. The van der Waals surface area contributed by atoms with E-state index in [0.29, 0.717) is 15.6 Å². The van der Waals surface area contributed by atoms with Crippen LogP contribution in [0.5, 0.6) is 0 Å². The van der Waals surface area contributed by atoms with Gasteiger partial charge in [-0.05, 0) is 37.5 Å². The molecule has 1 fully saturated rings. The van der Waals surface area contributed by atoms with Gasteiger partial charge in [-0.15, -0.1) is 0 Å². The number of benzene rings is 1. The number of amides is 1. The third-order valence-electron chi connectivity index (χ3n) is 5.44. The number of hydrogen-bond donors (Lipinski definition) is 2. The van der Waals surface area contributed by atoms with Crippen LogP contribution >= 0.6 is 15.9 Å². The van der Waals surface area contributed by atoms with Crippen LogP contribution in [0.2, 0.25) is 0 Å². The van der Waals surface area contributed by atoms with E-state index in [1.807, 2.05) is 13.2 Å². The van der Waals surface area contributed by atoms with Gasteiger partial charge in [-0.2, -0.15) is 5.10 Å². The second-order valence-electron chi connectivity index (χ2n) is 7.66. The Morgan fingerprint density at radius 3 is 2.90 bits per heavy atom. The fraction of sp³-hybridized carbons (Fsp3) is 0.318.